The fourth-order valence-corrected chi connectivity index (χ4v) is 4.24. The molecule has 1 atom stereocenters. The van der Waals surface area contributed by atoms with E-state index in [9.17, 15) is 0 Å². The van der Waals surface area contributed by atoms with Crippen LogP contribution in [-0.4, -0.2) is 46.2 Å². The molecule has 2 saturated heterocycles. The predicted octanol–water partition coefficient (Wildman–Crippen LogP) is 3.70. The molecule has 0 aliphatic carbocycles. The molecule has 0 spiro atoms. The van der Waals surface area contributed by atoms with Crippen LogP contribution in [0.4, 0.5) is 0 Å². The van der Waals surface area contributed by atoms with Crippen LogP contribution in [0.5, 0.6) is 0 Å². The monoisotopic (exact) mass is 313 g/mol. The summed E-state index contributed by atoms with van der Waals surface area (Å²) in [5.74, 6) is 0.658. The van der Waals surface area contributed by atoms with E-state index >= 15 is 0 Å². The van der Waals surface area contributed by atoms with Crippen molar-refractivity contribution in [3.05, 3.63) is 30.1 Å². The summed E-state index contributed by atoms with van der Waals surface area (Å²) in [5, 5.41) is 1.30. The minimum Gasteiger partial charge on any atom is -0.371 e. The smallest absolute Gasteiger partial charge is 0.137 e. The molecule has 2 fully saturated rings. The van der Waals surface area contributed by atoms with Crippen LogP contribution in [0.2, 0.25) is 0 Å². The Morgan fingerprint density at radius 3 is 2.87 bits per heavy atom. The molecule has 4 heterocycles. The van der Waals surface area contributed by atoms with Gasteiger partial charge in [0.1, 0.15) is 5.65 Å². The fourth-order valence-electron chi connectivity index (χ4n) is 4.24. The zero-order valence-corrected chi connectivity index (χ0v) is 14.2. The van der Waals surface area contributed by atoms with Crippen molar-refractivity contribution >= 4 is 11.0 Å². The van der Waals surface area contributed by atoms with Gasteiger partial charge in [-0.15, -0.1) is 0 Å². The van der Waals surface area contributed by atoms with E-state index in [1.54, 1.807) is 0 Å². The highest BCUT2D eigenvalue weighted by atomic mass is 16.5. The minimum absolute atomic E-state index is 0.0834. The summed E-state index contributed by atoms with van der Waals surface area (Å²) >= 11 is 0. The van der Waals surface area contributed by atoms with Gasteiger partial charge in [0.05, 0.1) is 11.7 Å². The van der Waals surface area contributed by atoms with Crippen molar-refractivity contribution < 1.29 is 4.74 Å². The molecule has 2 aliphatic rings. The number of rotatable bonds is 3. The van der Waals surface area contributed by atoms with Gasteiger partial charge in [-0.25, -0.2) is 4.98 Å². The number of nitrogens with zero attached hydrogens (tertiary/aromatic N) is 2. The molecule has 0 radical (unpaired) electrons. The van der Waals surface area contributed by atoms with E-state index in [1.165, 1.54) is 49.7 Å². The van der Waals surface area contributed by atoms with Crippen LogP contribution >= 0.6 is 0 Å². The number of hydrogen-bond donors (Lipinski definition) is 1. The second-order valence-corrected chi connectivity index (χ2v) is 7.76. The lowest BCUT2D eigenvalue weighted by atomic mass is 9.89. The van der Waals surface area contributed by atoms with Gasteiger partial charge < -0.3 is 14.6 Å². The standard InChI is InChI=1S/C19H27N3O/c1-19(2)8-5-15(23-19)13-22-10-6-14(7-11-22)17-12-21-18-16(17)4-3-9-20-18/h3-4,9,12,14-15H,5-8,10-11,13H2,1-2H3,(H,20,21). The van der Waals surface area contributed by atoms with E-state index in [2.05, 4.69) is 41.0 Å². The molecule has 1 N–H and O–H groups in total. The van der Waals surface area contributed by atoms with E-state index in [4.69, 9.17) is 4.74 Å². The highest BCUT2D eigenvalue weighted by molar-refractivity contribution is 5.80. The van der Waals surface area contributed by atoms with Gasteiger partial charge >= 0.3 is 0 Å². The number of aromatic amines is 1. The third-order valence-corrected chi connectivity index (χ3v) is 5.53. The number of aromatic nitrogens is 2. The normalized spacial score (nSPS) is 26.1. The van der Waals surface area contributed by atoms with Crippen LogP contribution in [0.3, 0.4) is 0 Å². The Morgan fingerprint density at radius 2 is 2.13 bits per heavy atom. The molecule has 0 bridgehead atoms. The maximum absolute atomic E-state index is 6.15. The van der Waals surface area contributed by atoms with Crippen molar-refractivity contribution in [2.24, 2.45) is 0 Å². The predicted molar refractivity (Wildman–Crippen MR) is 92.7 cm³/mol. The lowest BCUT2D eigenvalue weighted by Gasteiger charge is -2.33. The lowest BCUT2D eigenvalue weighted by molar-refractivity contribution is -0.0309. The Labute approximate surface area is 138 Å². The van der Waals surface area contributed by atoms with Crippen molar-refractivity contribution in [3.63, 3.8) is 0 Å². The summed E-state index contributed by atoms with van der Waals surface area (Å²) in [5.41, 5.74) is 2.55. The molecule has 4 rings (SSSR count). The molecule has 4 nitrogen and oxygen atoms in total. The molecule has 23 heavy (non-hydrogen) atoms. The third kappa shape index (κ3) is 3.15. The highest BCUT2D eigenvalue weighted by Crippen LogP contribution is 2.34. The Kier molecular flexibility index (Phi) is 3.90. The number of nitrogens with one attached hydrogen (secondary N) is 1. The van der Waals surface area contributed by atoms with E-state index in [0.717, 1.165) is 12.2 Å². The molecule has 0 amide bonds. The molecule has 2 aliphatic heterocycles. The van der Waals surface area contributed by atoms with Gasteiger partial charge in [-0.05, 0) is 76.2 Å². The molecule has 0 saturated carbocycles. The van der Waals surface area contributed by atoms with E-state index in [1.807, 2.05) is 12.3 Å². The third-order valence-electron chi connectivity index (χ3n) is 5.53. The highest BCUT2D eigenvalue weighted by Gasteiger charge is 2.33. The number of H-pyrrole nitrogens is 1. The summed E-state index contributed by atoms with van der Waals surface area (Å²) in [4.78, 5) is 10.3. The van der Waals surface area contributed by atoms with Gasteiger partial charge in [0, 0.05) is 24.3 Å². The molecule has 124 valence electrons. The molecule has 4 heteroatoms. The second kappa shape index (κ2) is 5.91. The first kappa shape index (κ1) is 15.2. The van der Waals surface area contributed by atoms with Crippen LogP contribution in [-0.2, 0) is 4.74 Å². The number of hydrogen-bond acceptors (Lipinski definition) is 3. The second-order valence-electron chi connectivity index (χ2n) is 7.76. The summed E-state index contributed by atoms with van der Waals surface area (Å²) in [6.45, 7) is 7.88. The van der Waals surface area contributed by atoms with Crippen LogP contribution in [0.15, 0.2) is 24.5 Å². The zero-order valence-electron chi connectivity index (χ0n) is 14.2. The lowest BCUT2D eigenvalue weighted by Crippen LogP contribution is -2.39. The maximum Gasteiger partial charge on any atom is 0.137 e. The summed E-state index contributed by atoms with van der Waals surface area (Å²) in [6.07, 6.45) is 9.32. The van der Waals surface area contributed by atoms with E-state index in [-0.39, 0.29) is 5.60 Å². The first-order valence-corrected chi connectivity index (χ1v) is 8.93. The fraction of sp³-hybridized carbons (Fsp3) is 0.632. The summed E-state index contributed by atoms with van der Waals surface area (Å²) in [7, 11) is 0. The number of ether oxygens (including phenoxy) is 1. The van der Waals surface area contributed by atoms with Crippen LogP contribution in [0, 0.1) is 0 Å². The molecular formula is C19H27N3O. The van der Waals surface area contributed by atoms with Gasteiger partial charge in [-0.2, -0.15) is 0 Å². The molecule has 0 aromatic carbocycles. The van der Waals surface area contributed by atoms with E-state index in [0.29, 0.717) is 12.0 Å². The molecule has 2 aromatic rings. The first-order chi connectivity index (χ1) is 11.1. The number of pyridine rings is 1. The topological polar surface area (TPSA) is 41.2 Å². The van der Waals surface area contributed by atoms with Gasteiger partial charge in [-0.3, -0.25) is 0 Å². The van der Waals surface area contributed by atoms with Crippen LogP contribution in [0.1, 0.15) is 51.0 Å². The SMILES string of the molecule is CC1(C)CCC(CN2CCC(c3c[nH]c4ncccc34)CC2)O1. The quantitative estimate of drug-likeness (QED) is 0.939. The number of likely N-dealkylation sites (tertiary alicyclic amines) is 1. The van der Waals surface area contributed by atoms with Crippen molar-refractivity contribution in [2.75, 3.05) is 19.6 Å². The Morgan fingerprint density at radius 1 is 1.30 bits per heavy atom. The average Bonchev–Trinajstić information content (AvgIpc) is 3.11. The Bertz CT molecular complexity index is 670. The molecule has 1 unspecified atom stereocenters. The van der Waals surface area contributed by atoms with Gasteiger partial charge in [0.2, 0.25) is 0 Å². The van der Waals surface area contributed by atoms with Crippen LogP contribution in [0.25, 0.3) is 11.0 Å². The molecule has 2 aromatic heterocycles. The number of fused-ring (bicyclic) bond motifs is 1. The number of piperidine rings is 1. The van der Waals surface area contributed by atoms with Crippen molar-refractivity contribution in [2.45, 2.75) is 57.2 Å². The van der Waals surface area contributed by atoms with E-state index < -0.39 is 0 Å². The maximum atomic E-state index is 6.15. The summed E-state index contributed by atoms with van der Waals surface area (Å²) < 4.78 is 6.15. The molecular weight excluding hydrogens is 286 g/mol. The largest absolute Gasteiger partial charge is 0.371 e. The zero-order chi connectivity index (χ0) is 15.9. The van der Waals surface area contributed by atoms with Crippen LogP contribution < -0.4 is 0 Å². The van der Waals surface area contributed by atoms with Crippen molar-refractivity contribution in [1.82, 2.24) is 14.9 Å². The minimum atomic E-state index is 0.0834. The van der Waals surface area contributed by atoms with Gasteiger partial charge in [-0.1, -0.05) is 0 Å². The Hall–Kier alpha value is -1.39. The Balaban J connectivity index is 1.36. The van der Waals surface area contributed by atoms with Crippen molar-refractivity contribution in [3.8, 4) is 0 Å². The van der Waals surface area contributed by atoms with Crippen molar-refractivity contribution in [1.29, 1.82) is 0 Å². The summed E-state index contributed by atoms with van der Waals surface area (Å²) in [6, 6.07) is 4.23. The first-order valence-electron chi connectivity index (χ1n) is 8.93. The van der Waals surface area contributed by atoms with Gasteiger partial charge in [0.25, 0.3) is 0 Å². The van der Waals surface area contributed by atoms with Gasteiger partial charge in [0.15, 0.2) is 0 Å². The average molecular weight is 313 g/mol.